The fourth-order valence-corrected chi connectivity index (χ4v) is 10.8. The largest absolute Gasteiger partial charge is 0.466 e. The number of methoxy groups -OCH3 is 1. The summed E-state index contributed by atoms with van der Waals surface area (Å²) in [6.45, 7) is 79.5. The van der Waals surface area contributed by atoms with Crippen LogP contribution in [0.1, 0.15) is 396 Å². The normalized spacial score (nSPS) is 11.1. The summed E-state index contributed by atoms with van der Waals surface area (Å²) in [5.41, 5.74) is 5.80. The van der Waals surface area contributed by atoms with Crippen LogP contribution >= 0.6 is 0 Å². The van der Waals surface area contributed by atoms with Crippen LogP contribution in [0.3, 0.4) is 0 Å². The average molecular weight is 1950 g/mol. The lowest BCUT2D eigenvalue weighted by Gasteiger charge is -2.20. The number of rotatable bonds is 55. The van der Waals surface area contributed by atoms with E-state index >= 15 is 0 Å². The minimum Gasteiger partial charge on any atom is -0.466 e. The van der Waals surface area contributed by atoms with Gasteiger partial charge in [0.15, 0.2) is 5.78 Å². The van der Waals surface area contributed by atoms with Gasteiger partial charge in [-0.15, -0.1) is 0 Å². The number of carbonyl (C=O) groups is 11. The molecule has 139 heavy (non-hydrogen) atoms. The molecule has 0 amide bonds. The first kappa shape index (κ1) is 144. The zero-order valence-electron chi connectivity index (χ0n) is 91.8. The van der Waals surface area contributed by atoms with Crippen molar-refractivity contribution in [1.29, 1.82) is 0 Å². The third-order valence-corrected chi connectivity index (χ3v) is 18.7. The van der Waals surface area contributed by atoms with Crippen molar-refractivity contribution in [3.8, 4) is 0 Å². The maximum Gasteiger partial charge on any atom is 0.333 e. The molecule has 0 saturated heterocycles. The van der Waals surface area contributed by atoms with Gasteiger partial charge < -0.3 is 52.1 Å². The molecule has 0 N–H and O–H groups in total. The van der Waals surface area contributed by atoms with Crippen molar-refractivity contribution in [2.75, 3.05) is 46.8 Å². The van der Waals surface area contributed by atoms with Crippen molar-refractivity contribution in [2.24, 2.45) is 11.8 Å². The van der Waals surface area contributed by atoms with Gasteiger partial charge in [-0.3, -0.25) is 4.79 Å². The Balaban J connectivity index is -0.000000229. The van der Waals surface area contributed by atoms with Gasteiger partial charge in [0.2, 0.25) is 0 Å². The molecule has 0 bridgehead atoms. The lowest BCUT2D eigenvalue weighted by molar-refractivity contribution is -0.150. The predicted molar refractivity (Wildman–Crippen MR) is 573 cm³/mol. The highest BCUT2D eigenvalue weighted by Crippen LogP contribution is 2.24. The van der Waals surface area contributed by atoms with Gasteiger partial charge in [-0.2, -0.15) is 0 Å². The van der Waals surface area contributed by atoms with Crippen LogP contribution in [-0.4, -0.2) is 136 Å². The highest BCUT2D eigenvalue weighted by atomic mass is 16.6. The zero-order chi connectivity index (χ0) is 108. The Morgan fingerprint density at radius 3 is 0.986 bits per heavy atom. The van der Waals surface area contributed by atoms with Gasteiger partial charge in [0.05, 0.1) is 58.5 Å². The number of carbonyl (C=O) groups excluding carboxylic acids is 11. The van der Waals surface area contributed by atoms with Crippen LogP contribution < -0.4 is 0 Å². The summed E-state index contributed by atoms with van der Waals surface area (Å²) in [6, 6.07) is 19.3. The van der Waals surface area contributed by atoms with Crippen molar-refractivity contribution in [1.82, 2.24) is 0 Å². The minimum absolute atomic E-state index is 0.00245. The van der Waals surface area contributed by atoms with Crippen LogP contribution in [0.15, 0.2) is 188 Å². The third-order valence-electron chi connectivity index (χ3n) is 18.7. The van der Waals surface area contributed by atoms with E-state index in [0.717, 1.165) is 94.1 Å². The Kier molecular flexibility index (Phi) is 105. The van der Waals surface area contributed by atoms with Gasteiger partial charge in [0, 0.05) is 56.2 Å². The monoisotopic (exact) mass is 1950 g/mol. The van der Waals surface area contributed by atoms with Gasteiger partial charge in [0.1, 0.15) is 18.8 Å². The Bertz CT molecular complexity index is 3650. The molecule has 3 rings (SSSR count). The van der Waals surface area contributed by atoms with E-state index in [2.05, 4.69) is 105 Å². The Hall–Kier alpha value is -10.1. The molecule has 0 radical (unpaired) electrons. The smallest absolute Gasteiger partial charge is 0.333 e. The lowest BCUT2D eigenvalue weighted by Crippen LogP contribution is -2.25. The summed E-state index contributed by atoms with van der Waals surface area (Å²) in [7, 11) is 1.35. The highest BCUT2D eigenvalue weighted by molar-refractivity contribution is 5.92. The molecule has 1 aliphatic carbocycles. The second-order valence-corrected chi connectivity index (χ2v) is 36.6. The fourth-order valence-electron chi connectivity index (χ4n) is 10.8. The van der Waals surface area contributed by atoms with E-state index in [1.165, 1.54) is 154 Å². The molecule has 794 valence electrons. The topological polar surface area (TPSA) is 289 Å². The minimum atomic E-state index is -0.407. The second kappa shape index (κ2) is 101. The van der Waals surface area contributed by atoms with Crippen molar-refractivity contribution in [2.45, 2.75) is 415 Å². The van der Waals surface area contributed by atoms with Crippen LogP contribution in [0.2, 0.25) is 0 Å². The molecular formula is C117H194O22. The number of esters is 10. The van der Waals surface area contributed by atoms with Crippen molar-refractivity contribution in [3.63, 3.8) is 0 Å². The Labute approximate surface area is 844 Å². The molecule has 0 aliphatic heterocycles. The molecule has 1 unspecified atom stereocenters. The van der Waals surface area contributed by atoms with E-state index < -0.39 is 5.60 Å². The van der Waals surface area contributed by atoms with E-state index in [9.17, 15) is 52.7 Å². The Morgan fingerprint density at radius 2 is 0.683 bits per heavy atom. The number of hydrogen-bond donors (Lipinski definition) is 0. The molecule has 1 fully saturated rings. The van der Waals surface area contributed by atoms with Crippen molar-refractivity contribution < 1.29 is 105 Å². The predicted octanol–water partition coefficient (Wildman–Crippen LogP) is 29.8. The maximum absolute atomic E-state index is 11.4. The van der Waals surface area contributed by atoms with Gasteiger partial charge in [-0.1, -0.05) is 347 Å². The average Bonchev–Trinajstić information content (AvgIpc) is 0.929. The molecule has 0 aromatic heterocycles. The van der Waals surface area contributed by atoms with Crippen LogP contribution in [0.4, 0.5) is 0 Å². The summed E-state index contributed by atoms with van der Waals surface area (Å²) in [5.74, 6) is -1.49. The van der Waals surface area contributed by atoms with Gasteiger partial charge >= 0.3 is 59.7 Å². The number of ether oxygens (including phenoxy) is 11. The highest BCUT2D eigenvalue weighted by Gasteiger charge is 2.19. The van der Waals surface area contributed by atoms with Crippen LogP contribution in [0.5, 0.6) is 0 Å². The fraction of sp³-hybridized carbons (Fsp3) is 0.615. The summed E-state index contributed by atoms with van der Waals surface area (Å²) in [6.07, 6.45) is 48.1. The van der Waals surface area contributed by atoms with Crippen LogP contribution in [0.25, 0.3) is 6.08 Å². The van der Waals surface area contributed by atoms with E-state index in [-0.39, 0.29) is 83.8 Å². The quantitative estimate of drug-likeness (QED) is 0.0257. The number of unbranched alkanes of at least 4 members (excludes halogenated alkanes) is 22. The first-order valence-corrected chi connectivity index (χ1v) is 50.6. The zero-order valence-corrected chi connectivity index (χ0v) is 91.8. The molecule has 1 aliphatic rings. The molecule has 0 heterocycles. The number of hydrogen-bond acceptors (Lipinski definition) is 22. The molecule has 0 spiro atoms. The molecule has 22 nitrogen and oxygen atoms in total. The molecule has 1 saturated carbocycles. The number of ketones is 1. The maximum atomic E-state index is 11.4. The van der Waals surface area contributed by atoms with E-state index in [4.69, 9.17) is 47.4 Å². The lowest BCUT2D eigenvalue weighted by atomic mass is 9.90. The molecule has 1 atom stereocenters. The molecule has 2 aromatic carbocycles. The van der Waals surface area contributed by atoms with Gasteiger partial charge in [0.25, 0.3) is 0 Å². The second-order valence-electron chi connectivity index (χ2n) is 36.6. The summed E-state index contributed by atoms with van der Waals surface area (Å²) in [4.78, 5) is 119. The summed E-state index contributed by atoms with van der Waals surface area (Å²) < 4.78 is 54.8. The molecular weight excluding hydrogens is 1760 g/mol. The van der Waals surface area contributed by atoms with E-state index in [0.29, 0.717) is 102 Å². The van der Waals surface area contributed by atoms with Gasteiger partial charge in [-0.05, 0) is 199 Å². The van der Waals surface area contributed by atoms with Crippen molar-refractivity contribution >= 4 is 71.6 Å². The van der Waals surface area contributed by atoms with Crippen LogP contribution in [-0.2, 0) is 111 Å². The van der Waals surface area contributed by atoms with E-state index in [1.807, 2.05) is 101 Å². The summed E-state index contributed by atoms with van der Waals surface area (Å²) >= 11 is 0. The van der Waals surface area contributed by atoms with Crippen LogP contribution in [0, 0.1) is 11.8 Å². The first-order valence-electron chi connectivity index (χ1n) is 50.6. The number of benzene rings is 2. The first-order chi connectivity index (χ1) is 65.4. The molecule has 2 aromatic rings. The third kappa shape index (κ3) is 117. The molecule has 22 heteroatoms. The van der Waals surface area contributed by atoms with Gasteiger partial charge in [-0.25, -0.2) is 47.9 Å². The standard InChI is InChI=1S/C17H32O3.2C15H28O2.C11H18O2.C11H12O2.C10H10O.2C9H16O2.C8H14O2.C7H12O2.C5H8O2/c1-13(2)10-8-7-9-11-16(20-15(5)6)12-19-17(18)14(3)4;2*1-4-5-6-7-8-9-10-11-12-13-17-15(16)14(2)3;2*1-9(2)11(12)13-8-10-6-4-3-5-7-10;1-9(11)7-8-10-5-3-2-4-6-10;2*1-4-5-6-7-11-9(10)8(2)3;1-6(2)7(9)10-8(3,4)5;1-5(2)7(8)9-6(3)4;1-3-4-5(6)7-2/h13,15-16H,3,7-12H2,1-2,4-6H3;2*2,4-13H2,1,3H3;10H,1,3-8H2,2H3;3-7H,1,8H2,2H3;2-8H,1H3;2*2,4-7H2,1,3H3;1H2,2-5H3;6H,1H2,2-4H3;3-4H,1-2H3/b;;;;;8-7+;;;;;4-3+. The summed E-state index contributed by atoms with van der Waals surface area (Å²) in [5, 5.41) is 0. The Morgan fingerprint density at radius 1 is 0.367 bits per heavy atom. The van der Waals surface area contributed by atoms with E-state index in [1.54, 1.807) is 102 Å². The van der Waals surface area contributed by atoms with Crippen molar-refractivity contribution in [3.05, 3.63) is 199 Å². The SMILES string of the molecule is C/C=C/C(=O)OC.C=C(C)C(=O)OC(C)(C)C.C=C(C)C(=O)OC(C)C.C=C(C)C(=O)OCC(CCCCCC(C)C)OC(C)C.C=C(C)C(=O)OCC1CCCCC1.C=C(C)C(=O)OCCCCC.C=C(C)C(=O)OCCCCC.C=C(C)C(=O)OCCCCCCCCCCC.C=C(C)C(=O)OCCCCCCCCCCC.C=C(C)C(=O)OCc1ccccc1.CC(=O)/C=C/c1ccccc1. The number of allylic oxidation sites excluding steroid dienone is 2.